The highest BCUT2D eigenvalue weighted by atomic mass is 127. The van der Waals surface area contributed by atoms with Crippen molar-refractivity contribution in [2.24, 2.45) is 4.99 Å². The Bertz CT molecular complexity index is 522. The number of methoxy groups -OCH3 is 2. The minimum absolute atomic E-state index is 0. The number of hydrogen-bond donors (Lipinski definition) is 2. The molecule has 0 heterocycles. The Balaban J connectivity index is 0.00000576. The van der Waals surface area contributed by atoms with Crippen LogP contribution < -0.4 is 20.1 Å². The first-order chi connectivity index (χ1) is 11.6. The quantitative estimate of drug-likeness (QED) is 0.335. The van der Waals surface area contributed by atoms with Crippen molar-refractivity contribution < 1.29 is 9.47 Å². The molecular weight excluding hydrogens is 431 g/mol. The van der Waals surface area contributed by atoms with Crippen LogP contribution in [-0.4, -0.2) is 57.8 Å². The molecule has 2 N–H and O–H groups in total. The number of halogens is 1. The van der Waals surface area contributed by atoms with Crippen LogP contribution >= 0.6 is 24.0 Å². The lowest BCUT2D eigenvalue weighted by Gasteiger charge is -2.27. The fourth-order valence-corrected chi connectivity index (χ4v) is 2.62. The van der Waals surface area contributed by atoms with Crippen molar-refractivity contribution in [2.75, 3.05) is 40.9 Å². The predicted molar refractivity (Wildman–Crippen MR) is 116 cm³/mol. The third kappa shape index (κ3) is 7.68. The van der Waals surface area contributed by atoms with Gasteiger partial charge in [-0.25, -0.2) is 0 Å². The number of nitrogens with zero attached hydrogens (tertiary/aromatic N) is 2. The number of likely N-dealkylation sites (N-methyl/N-ethyl adjacent to an activating group) is 1. The van der Waals surface area contributed by atoms with Crippen LogP contribution in [-0.2, 0) is 6.54 Å². The van der Waals surface area contributed by atoms with Crippen molar-refractivity contribution in [2.45, 2.75) is 33.4 Å². The summed E-state index contributed by atoms with van der Waals surface area (Å²) in [5.74, 6) is 2.37. The Kier molecular flexibility index (Phi) is 12.4. The van der Waals surface area contributed by atoms with Gasteiger partial charge in [-0.15, -0.1) is 24.0 Å². The number of hydrogen-bond acceptors (Lipinski definition) is 4. The zero-order valence-electron chi connectivity index (χ0n) is 16.3. The molecule has 6 nitrogen and oxygen atoms in total. The molecule has 1 aromatic carbocycles. The molecule has 0 saturated carbocycles. The van der Waals surface area contributed by atoms with Crippen molar-refractivity contribution >= 4 is 29.9 Å². The van der Waals surface area contributed by atoms with E-state index in [2.05, 4.69) is 41.3 Å². The number of nitrogens with one attached hydrogen (secondary N) is 2. The largest absolute Gasteiger partial charge is 0.497 e. The van der Waals surface area contributed by atoms with Crippen LogP contribution in [0.15, 0.2) is 23.2 Å². The van der Waals surface area contributed by atoms with E-state index in [1.165, 1.54) is 0 Å². The minimum atomic E-state index is 0. The number of rotatable bonds is 9. The summed E-state index contributed by atoms with van der Waals surface area (Å²) in [6, 6.07) is 6.26. The van der Waals surface area contributed by atoms with E-state index in [0.29, 0.717) is 12.6 Å². The van der Waals surface area contributed by atoms with Gasteiger partial charge in [0.15, 0.2) is 5.96 Å². The van der Waals surface area contributed by atoms with Crippen LogP contribution in [0.25, 0.3) is 0 Å². The van der Waals surface area contributed by atoms with Crippen LogP contribution in [0.2, 0.25) is 0 Å². The van der Waals surface area contributed by atoms with Gasteiger partial charge in [0.05, 0.1) is 14.2 Å². The molecule has 1 atom stereocenters. The average molecular weight is 464 g/mol. The summed E-state index contributed by atoms with van der Waals surface area (Å²) in [5, 5.41) is 6.71. The summed E-state index contributed by atoms with van der Waals surface area (Å²) in [5.41, 5.74) is 1.05. The Labute approximate surface area is 169 Å². The van der Waals surface area contributed by atoms with Gasteiger partial charge in [0.2, 0.25) is 0 Å². The highest BCUT2D eigenvalue weighted by Gasteiger charge is 2.11. The first kappa shape index (κ1) is 23.8. The fraction of sp³-hybridized carbons (Fsp3) is 0.611. The highest BCUT2D eigenvalue weighted by molar-refractivity contribution is 14.0. The van der Waals surface area contributed by atoms with Crippen LogP contribution in [0.5, 0.6) is 11.5 Å². The van der Waals surface area contributed by atoms with Crippen molar-refractivity contribution in [3.05, 3.63) is 23.8 Å². The first-order valence-electron chi connectivity index (χ1n) is 8.48. The smallest absolute Gasteiger partial charge is 0.191 e. The van der Waals surface area contributed by atoms with Crippen LogP contribution in [0.4, 0.5) is 0 Å². The zero-order valence-corrected chi connectivity index (χ0v) is 18.6. The van der Waals surface area contributed by atoms with E-state index in [9.17, 15) is 0 Å². The second-order valence-corrected chi connectivity index (χ2v) is 5.55. The second-order valence-electron chi connectivity index (χ2n) is 5.55. The van der Waals surface area contributed by atoms with Gasteiger partial charge >= 0.3 is 0 Å². The molecule has 0 aromatic heterocycles. The van der Waals surface area contributed by atoms with Crippen LogP contribution in [0.1, 0.15) is 26.3 Å². The van der Waals surface area contributed by atoms with Gasteiger partial charge in [0.1, 0.15) is 11.5 Å². The maximum atomic E-state index is 5.43. The van der Waals surface area contributed by atoms with Gasteiger partial charge in [-0.05, 0) is 32.1 Å². The number of ether oxygens (including phenoxy) is 2. The summed E-state index contributed by atoms with van der Waals surface area (Å²) in [6.07, 6.45) is 0. The molecule has 25 heavy (non-hydrogen) atoms. The molecule has 1 rings (SSSR count). The van der Waals surface area contributed by atoms with Gasteiger partial charge in [0, 0.05) is 37.8 Å². The molecule has 7 heteroatoms. The average Bonchev–Trinajstić information content (AvgIpc) is 2.62. The summed E-state index contributed by atoms with van der Waals surface area (Å²) >= 11 is 0. The molecule has 0 fully saturated rings. The molecule has 0 aliphatic carbocycles. The van der Waals surface area contributed by atoms with Crippen molar-refractivity contribution in [3.63, 3.8) is 0 Å². The molecule has 1 aromatic rings. The predicted octanol–water partition coefficient (Wildman–Crippen LogP) is 2.72. The summed E-state index contributed by atoms with van der Waals surface area (Å²) in [7, 11) is 5.09. The Morgan fingerprint density at radius 3 is 2.36 bits per heavy atom. The van der Waals surface area contributed by atoms with E-state index >= 15 is 0 Å². The lowest BCUT2D eigenvalue weighted by atomic mass is 10.2. The Morgan fingerprint density at radius 1 is 1.16 bits per heavy atom. The SMILES string of the molecule is CCN(CC)C(C)CNC(=NC)NCc1ccc(OC)cc1OC.I. The first-order valence-corrected chi connectivity index (χ1v) is 8.48. The van der Waals surface area contributed by atoms with E-state index in [-0.39, 0.29) is 24.0 Å². The third-order valence-corrected chi connectivity index (χ3v) is 4.16. The second kappa shape index (κ2) is 13.0. The van der Waals surface area contributed by atoms with Crippen molar-refractivity contribution in [3.8, 4) is 11.5 Å². The lowest BCUT2D eigenvalue weighted by Crippen LogP contribution is -2.45. The number of benzene rings is 1. The van der Waals surface area contributed by atoms with E-state index in [0.717, 1.165) is 42.7 Å². The van der Waals surface area contributed by atoms with Gasteiger partial charge in [-0.2, -0.15) is 0 Å². The summed E-state index contributed by atoms with van der Waals surface area (Å²) in [4.78, 5) is 6.70. The van der Waals surface area contributed by atoms with Crippen molar-refractivity contribution in [1.82, 2.24) is 15.5 Å². The third-order valence-electron chi connectivity index (χ3n) is 4.16. The molecule has 0 aliphatic rings. The molecule has 144 valence electrons. The van der Waals surface area contributed by atoms with E-state index in [1.807, 2.05) is 18.2 Å². The Hall–Kier alpha value is -1.22. The molecule has 0 aliphatic heterocycles. The number of guanidine groups is 1. The maximum absolute atomic E-state index is 5.43. The molecular formula is C18H33IN4O2. The minimum Gasteiger partial charge on any atom is -0.497 e. The summed E-state index contributed by atoms with van der Waals surface area (Å²) < 4.78 is 10.7. The van der Waals surface area contributed by atoms with Crippen molar-refractivity contribution in [1.29, 1.82) is 0 Å². The molecule has 0 saturated heterocycles. The van der Waals surface area contributed by atoms with Crippen LogP contribution in [0.3, 0.4) is 0 Å². The van der Waals surface area contributed by atoms with E-state index < -0.39 is 0 Å². The van der Waals surface area contributed by atoms with E-state index in [4.69, 9.17) is 9.47 Å². The fourth-order valence-electron chi connectivity index (χ4n) is 2.62. The van der Waals surface area contributed by atoms with Gasteiger partial charge in [0.25, 0.3) is 0 Å². The zero-order chi connectivity index (χ0) is 17.9. The monoisotopic (exact) mass is 464 g/mol. The highest BCUT2D eigenvalue weighted by Crippen LogP contribution is 2.24. The molecule has 0 bridgehead atoms. The Morgan fingerprint density at radius 2 is 1.84 bits per heavy atom. The van der Waals surface area contributed by atoms with Gasteiger partial charge in [-0.3, -0.25) is 9.89 Å². The molecule has 0 spiro atoms. The van der Waals surface area contributed by atoms with E-state index in [1.54, 1.807) is 21.3 Å². The van der Waals surface area contributed by atoms with Gasteiger partial charge in [-0.1, -0.05) is 13.8 Å². The lowest BCUT2D eigenvalue weighted by molar-refractivity contribution is 0.231. The number of aliphatic imine (C=N–C) groups is 1. The standard InChI is InChI=1S/C18H32N4O2.HI/c1-7-22(8-2)14(3)12-20-18(19-4)21-13-15-9-10-16(23-5)11-17(15)24-6;/h9-11,14H,7-8,12-13H2,1-6H3,(H2,19,20,21);1H. The molecule has 0 radical (unpaired) electrons. The summed E-state index contributed by atoms with van der Waals surface area (Å²) in [6.45, 7) is 10.2. The van der Waals surface area contributed by atoms with Gasteiger partial charge < -0.3 is 20.1 Å². The normalized spacial score (nSPS) is 12.4. The topological polar surface area (TPSA) is 58.1 Å². The molecule has 1 unspecified atom stereocenters. The van der Waals surface area contributed by atoms with Crippen LogP contribution in [0, 0.1) is 0 Å². The maximum Gasteiger partial charge on any atom is 0.191 e. The molecule has 0 amide bonds.